The van der Waals surface area contributed by atoms with Crippen molar-refractivity contribution in [3.63, 3.8) is 0 Å². The van der Waals surface area contributed by atoms with Crippen molar-refractivity contribution in [2.45, 2.75) is 26.4 Å². The Labute approximate surface area is 100 Å². The number of carbonyl (C=O) groups excluding carboxylic acids is 1. The van der Waals surface area contributed by atoms with E-state index in [1.165, 1.54) is 0 Å². The lowest BCUT2D eigenvalue weighted by atomic mass is 10.1. The quantitative estimate of drug-likeness (QED) is 0.784. The average molecular weight is 230 g/mol. The molecule has 1 saturated heterocycles. The summed E-state index contributed by atoms with van der Waals surface area (Å²) < 4.78 is 5.14. The molecule has 2 rings (SSSR count). The molecule has 0 aromatic heterocycles. The molecule has 0 saturated carbocycles. The molecule has 0 spiro atoms. The normalized spacial score (nSPS) is 19.0. The molecule has 1 unspecified atom stereocenters. The molecular formula is C13H14N2O2. The van der Waals surface area contributed by atoms with Gasteiger partial charge in [0.1, 0.15) is 6.10 Å². The standard InChI is InChI=1S/C13H14N2O2/c1-9-4-3-5-10(2)12(9)15-8-11(6-7-14)17-13(15)16/h3-5,11H,6,8H2,1-2H3. The van der Waals surface area contributed by atoms with Gasteiger partial charge >= 0.3 is 6.09 Å². The fourth-order valence-electron chi connectivity index (χ4n) is 2.14. The summed E-state index contributed by atoms with van der Waals surface area (Å²) in [5.74, 6) is 0. The number of para-hydroxylation sites is 1. The molecule has 0 aliphatic carbocycles. The number of nitrogens with zero attached hydrogens (tertiary/aromatic N) is 2. The second-order valence-corrected chi connectivity index (χ2v) is 4.22. The maximum atomic E-state index is 11.8. The summed E-state index contributed by atoms with van der Waals surface area (Å²) >= 11 is 0. The Morgan fingerprint density at radius 1 is 1.47 bits per heavy atom. The molecule has 88 valence electrons. The van der Waals surface area contributed by atoms with Crippen LogP contribution in [0.5, 0.6) is 0 Å². The summed E-state index contributed by atoms with van der Waals surface area (Å²) in [6.45, 7) is 4.39. The number of amides is 1. The second kappa shape index (κ2) is 4.46. The molecule has 1 aliphatic heterocycles. The van der Waals surface area contributed by atoms with E-state index in [0.29, 0.717) is 6.54 Å². The van der Waals surface area contributed by atoms with Crippen molar-refractivity contribution in [2.24, 2.45) is 0 Å². The number of aryl methyl sites for hydroxylation is 2. The van der Waals surface area contributed by atoms with Crippen molar-refractivity contribution < 1.29 is 9.53 Å². The average Bonchev–Trinajstić information content (AvgIpc) is 2.60. The summed E-state index contributed by atoms with van der Waals surface area (Å²) in [5, 5.41) is 8.62. The van der Waals surface area contributed by atoms with E-state index in [1.807, 2.05) is 38.1 Å². The van der Waals surface area contributed by atoms with Crippen LogP contribution in [0.4, 0.5) is 10.5 Å². The molecule has 1 heterocycles. The summed E-state index contributed by atoms with van der Waals surface area (Å²) in [5.41, 5.74) is 2.98. The Kier molecular flexibility index (Phi) is 3.01. The van der Waals surface area contributed by atoms with Gasteiger partial charge in [-0.2, -0.15) is 5.26 Å². The fourth-order valence-corrected chi connectivity index (χ4v) is 2.14. The first-order chi connectivity index (χ1) is 8.13. The zero-order valence-corrected chi connectivity index (χ0v) is 9.93. The first-order valence-corrected chi connectivity index (χ1v) is 5.55. The summed E-state index contributed by atoms with van der Waals surface area (Å²) in [4.78, 5) is 13.4. The van der Waals surface area contributed by atoms with Crippen molar-refractivity contribution in [2.75, 3.05) is 11.4 Å². The van der Waals surface area contributed by atoms with Gasteiger partial charge in [-0.3, -0.25) is 4.90 Å². The number of hydrogen-bond acceptors (Lipinski definition) is 3. The molecule has 1 fully saturated rings. The Balaban J connectivity index is 2.30. The van der Waals surface area contributed by atoms with Crippen LogP contribution >= 0.6 is 0 Å². The zero-order chi connectivity index (χ0) is 12.4. The number of anilines is 1. The van der Waals surface area contributed by atoms with E-state index >= 15 is 0 Å². The van der Waals surface area contributed by atoms with E-state index in [1.54, 1.807) is 4.90 Å². The van der Waals surface area contributed by atoms with Crippen LogP contribution in [-0.4, -0.2) is 18.7 Å². The van der Waals surface area contributed by atoms with Crippen molar-refractivity contribution in [1.82, 2.24) is 0 Å². The largest absolute Gasteiger partial charge is 0.443 e. The maximum absolute atomic E-state index is 11.8. The van der Waals surface area contributed by atoms with Gasteiger partial charge in [-0.15, -0.1) is 0 Å². The van der Waals surface area contributed by atoms with E-state index in [0.717, 1.165) is 16.8 Å². The number of rotatable bonds is 2. The van der Waals surface area contributed by atoms with Gasteiger partial charge in [-0.1, -0.05) is 18.2 Å². The van der Waals surface area contributed by atoms with Crippen molar-refractivity contribution >= 4 is 11.8 Å². The number of carbonyl (C=O) groups is 1. The molecule has 4 heteroatoms. The molecule has 1 atom stereocenters. The Hall–Kier alpha value is -2.02. The summed E-state index contributed by atoms with van der Waals surface area (Å²) in [7, 11) is 0. The van der Waals surface area contributed by atoms with Crippen LogP contribution in [0.3, 0.4) is 0 Å². The van der Waals surface area contributed by atoms with E-state index < -0.39 is 0 Å². The first kappa shape index (κ1) is 11.5. The number of cyclic esters (lactones) is 1. The van der Waals surface area contributed by atoms with E-state index in [9.17, 15) is 4.79 Å². The number of ether oxygens (including phenoxy) is 1. The van der Waals surface area contributed by atoms with E-state index in [-0.39, 0.29) is 18.6 Å². The van der Waals surface area contributed by atoms with Crippen LogP contribution in [0.15, 0.2) is 18.2 Å². The van der Waals surface area contributed by atoms with Crippen LogP contribution in [0.25, 0.3) is 0 Å². The molecule has 0 radical (unpaired) electrons. The van der Waals surface area contributed by atoms with Crippen molar-refractivity contribution in [3.05, 3.63) is 29.3 Å². The highest BCUT2D eigenvalue weighted by Gasteiger charge is 2.33. The molecule has 17 heavy (non-hydrogen) atoms. The lowest BCUT2D eigenvalue weighted by molar-refractivity contribution is 0.143. The van der Waals surface area contributed by atoms with Gasteiger partial charge in [0.25, 0.3) is 0 Å². The highest BCUT2D eigenvalue weighted by atomic mass is 16.6. The maximum Gasteiger partial charge on any atom is 0.414 e. The first-order valence-electron chi connectivity index (χ1n) is 5.55. The van der Waals surface area contributed by atoms with Gasteiger partial charge in [-0.05, 0) is 25.0 Å². The lowest BCUT2D eigenvalue weighted by Crippen LogP contribution is -2.26. The molecule has 1 aliphatic rings. The molecule has 1 aromatic carbocycles. The van der Waals surface area contributed by atoms with E-state index in [2.05, 4.69) is 0 Å². The highest BCUT2D eigenvalue weighted by Crippen LogP contribution is 2.29. The monoisotopic (exact) mass is 230 g/mol. The third-order valence-corrected chi connectivity index (χ3v) is 2.90. The van der Waals surface area contributed by atoms with Gasteiger partial charge in [0.05, 0.1) is 24.7 Å². The van der Waals surface area contributed by atoms with Gasteiger partial charge in [0.2, 0.25) is 0 Å². The highest BCUT2D eigenvalue weighted by molar-refractivity contribution is 5.91. The SMILES string of the molecule is Cc1cccc(C)c1N1CC(CC#N)OC1=O. The molecule has 1 aromatic rings. The predicted molar refractivity (Wildman–Crippen MR) is 63.8 cm³/mol. The van der Waals surface area contributed by atoms with Gasteiger partial charge < -0.3 is 4.74 Å². The smallest absolute Gasteiger partial charge is 0.414 e. The lowest BCUT2D eigenvalue weighted by Gasteiger charge is -2.18. The van der Waals surface area contributed by atoms with Crippen LogP contribution in [-0.2, 0) is 4.74 Å². The van der Waals surface area contributed by atoms with Crippen molar-refractivity contribution in [1.29, 1.82) is 5.26 Å². The third kappa shape index (κ3) is 2.09. The molecule has 0 N–H and O–H groups in total. The predicted octanol–water partition coefficient (Wildman–Crippen LogP) is 2.54. The number of nitriles is 1. The number of hydrogen-bond donors (Lipinski definition) is 0. The minimum Gasteiger partial charge on any atom is -0.443 e. The fraction of sp³-hybridized carbons (Fsp3) is 0.385. The van der Waals surface area contributed by atoms with Crippen LogP contribution in [0.1, 0.15) is 17.5 Å². The van der Waals surface area contributed by atoms with Crippen molar-refractivity contribution in [3.8, 4) is 6.07 Å². The van der Waals surface area contributed by atoms with Crippen LogP contribution in [0, 0.1) is 25.2 Å². The van der Waals surface area contributed by atoms with Crippen LogP contribution < -0.4 is 4.90 Å². The zero-order valence-electron chi connectivity index (χ0n) is 9.93. The molecule has 0 bridgehead atoms. The molecule has 1 amide bonds. The molecule has 4 nitrogen and oxygen atoms in total. The second-order valence-electron chi connectivity index (χ2n) is 4.22. The third-order valence-electron chi connectivity index (χ3n) is 2.90. The van der Waals surface area contributed by atoms with E-state index in [4.69, 9.17) is 10.00 Å². The minimum atomic E-state index is -0.359. The Bertz CT molecular complexity index is 470. The Morgan fingerprint density at radius 2 is 2.12 bits per heavy atom. The summed E-state index contributed by atoms with van der Waals surface area (Å²) in [6, 6.07) is 7.92. The minimum absolute atomic E-state index is 0.243. The topological polar surface area (TPSA) is 53.3 Å². The Morgan fingerprint density at radius 3 is 2.71 bits per heavy atom. The molecular weight excluding hydrogens is 216 g/mol. The number of benzene rings is 1. The van der Waals surface area contributed by atoms with Gasteiger partial charge in [-0.25, -0.2) is 4.79 Å². The van der Waals surface area contributed by atoms with Gasteiger partial charge in [0, 0.05) is 0 Å². The van der Waals surface area contributed by atoms with Gasteiger partial charge in [0.15, 0.2) is 0 Å². The van der Waals surface area contributed by atoms with Crippen LogP contribution in [0.2, 0.25) is 0 Å². The summed E-state index contributed by atoms with van der Waals surface area (Å²) in [6.07, 6.45) is -0.429.